The van der Waals surface area contributed by atoms with Gasteiger partial charge in [-0.25, -0.2) is 0 Å². The number of carbonyl (C=O) groups is 1. The van der Waals surface area contributed by atoms with Crippen LogP contribution < -0.4 is 5.32 Å². The van der Waals surface area contributed by atoms with Crippen molar-refractivity contribution in [2.75, 3.05) is 31.6 Å². The second-order valence-electron chi connectivity index (χ2n) is 5.65. The second-order valence-corrected chi connectivity index (χ2v) is 5.65. The van der Waals surface area contributed by atoms with E-state index in [9.17, 15) is 9.90 Å². The fourth-order valence-corrected chi connectivity index (χ4v) is 2.81. The summed E-state index contributed by atoms with van der Waals surface area (Å²) in [6.45, 7) is 6.08. The summed E-state index contributed by atoms with van der Waals surface area (Å²) in [5.41, 5.74) is 3.37. The highest BCUT2D eigenvalue weighted by molar-refractivity contribution is 5.81. The molecule has 0 radical (unpaired) electrons. The molecule has 1 aliphatic heterocycles. The molecule has 1 saturated heterocycles. The van der Waals surface area contributed by atoms with Crippen LogP contribution in [0.25, 0.3) is 0 Å². The van der Waals surface area contributed by atoms with Crippen LogP contribution in [0.3, 0.4) is 0 Å². The zero-order chi connectivity index (χ0) is 14.5. The molecule has 4 nitrogen and oxygen atoms in total. The summed E-state index contributed by atoms with van der Waals surface area (Å²) in [6.07, 6.45) is 2.00. The van der Waals surface area contributed by atoms with Crippen molar-refractivity contribution in [3.8, 4) is 0 Å². The van der Waals surface area contributed by atoms with E-state index in [4.69, 9.17) is 0 Å². The summed E-state index contributed by atoms with van der Waals surface area (Å²) >= 11 is 0. The number of benzene rings is 1. The van der Waals surface area contributed by atoms with Gasteiger partial charge in [-0.1, -0.05) is 18.2 Å². The van der Waals surface area contributed by atoms with Crippen LogP contribution in [-0.2, 0) is 4.79 Å². The van der Waals surface area contributed by atoms with E-state index < -0.39 is 0 Å². The standard InChI is InChI=1S/C16H24N2O2/c1-12-5-3-6-13(2)16(12)17-9-15(20)18-8-4-7-14(10-18)11-19/h3,5-6,14,17,19H,4,7-11H2,1-2H3. The number of hydrogen-bond acceptors (Lipinski definition) is 3. The number of likely N-dealkylation sites (tertiary alicyclic amines) is 1. The van der Waals surface area contributed by atoms with Gasteiger partial charge in [-0.2, -0.15) is 0 Å². The minimum Gasteiger partial charge on any atom is -0.396 e. The third-order valence-corrected chi connectivity index (χ3v) is 4.03. The molecule has 1 aromatic rings. The van der Waals surface area contributed by atoms with E-state index in [0.29, 0.717) is 13.1 Å². The molecule has 1 amide bonds. The van der Waals surface area contributed by atoms with E-state index in [0.717, 1.165) is 36.2 Å². The molecule has 0 saturated carbocycles. The topological polar surface area (TPSA) is 52.6 Å². The van der Waals surface area contributed by atoms with Crippen LogP contribution in [0, 0.1) is 19.8 Å². The smallest absolute Gasteiger partial charge is 0.241 e. The lowest BCUT2D eigenvalue weighted by atomic mass is 9.99. The van der Waals surface area contributed by atoms with E-state index in [1.54, 1.807) is 0 Å². The third-order valence-electron chi connectivity index (χ3n) is 4.03. The number of amides is 1. The Morgan fingerprint density at radius 1 is 1.40 bits per heavy atom. The molecule has 1 aliphatic rings. The fourth-order valence-electron chi connectivity index (χ4n) is 2.81. The van der Waals surface area contributed by atoms with Gasteiger partial charge in [0.05, 0.1) is 6.54 Å². The molecule has 20 heavy (non-hydrogen) atoms. The van der Waals surface area contributed by atoms with Crippen LogP contribution in [0.5, 0.6) is 0 Å². The number of rotatable bonds is 4. The SMILES string of the molecule is Cc1cccc(C)c1NCC(=O)N1CCCC(CO)C1. The van der Waals surface area contributed by atoms with E-state index in [-0.39, 0.29) is 18.4 Å². The lowest BCUT2D eigenvalue weighted by molar-refractivity contribution is -0.131. The van der Waals surface area contributed by atoms with Gasteiger partial charge in [-0.05, 0) is 43.7 Å². The quantitative estimate of drug-likeness (QED) is 0.883. The molecule has 110 valence electrons. The molecule has 1 unspecified atom stereocenters. The first kappa shape index (κ1) is 14.9. The lowest BCUT2D eigenvalue weighted by Crippen LogP contribution is -2.43. The maximum atomic E-state index is 12.2. The summed E-state index contributed by atoms with van der Waals surface area (Å²) in [5.74, 6) is 0.360. The number of nitrogens with one attached hydrogen (secondary N) is 1. The van der Waals surface area contributed by atoms with Crippen molar-refractivity contribution in [3.63, 3.8) is 0 Å². The first-order chi connectivity index (χ1) is 9.61. The second kappa shape index (κ2) is 6.75. The normalized spacial score (nSPS) is 18.9. The molecule has 0 bridgehead atoms. The molecule has 2 rings (SSSR count). The molecule has 1 fully saturated rings. The summed E-state index contributed by atoms with van der Waals surface area (Å²) in [5, 5.41) is 12.5. The number of aliphatic hydroxyl groups excluding tert-OH is 1. The highest BCUT2D eigenvalue weighted by Gasteiger charge is 2.22. The van der Waals surface area contributed by atoms with Crippen molar-refractivity contribution in [3.05, 3.63) is 29.3 Å². The van der Waals surface area contributed by atoms with Crippen LogP contribution in [0.4, 0.5) is 5.69 Å². The van der Waals surface area contributed by atoms with Gasteiger partial charge in [0.15, 0.2) is 0 Å². The zero-order valence-corrected chi connectivity index (χ0v) is 12.4. The monoisotopic (exact) mass is 276 g/mol. The van der Waals surface area contributed by atoms with Crippen molar-refractivity contribution < 1.29 is 9.90 Å². The van der Waals surface area contributed by atoms with Gasteiger partial charge in [0.2, 0.25) is 5.91 Å². The van der Waals surface area contributed by atoms with Crippen molar-refractivity contribution in [1.29, 1.82) is 0 Å². The maximum absolute atomic E-state index is 12.2. The van der Waals surface area contributed by atoms with Crippen molar-refractivity contribution >= 4 is 11.6 Å². The van der Waals surface area contributed by atoms with Crippen LogP contribution in [-0.4, -0.2) is 42.2 Å². The minimum atomic E-state index is 0.116. The summed E-state index contributed by atoms with van der Waals surface area (Å²) in [6, 6.07) is 6.11. The molecule has 0 spiro atoms. The molecule has 0 aliphatic carbocycles. The van der Waals surface area contributed by atoms with E-state index in [2.05, 4.69) is 5.32 Å². The molecule has 0 aromatic heterocycles. The Kier molecular flexibility index (Phi) is 5.01. The lowest BCUT2D eigenvalue weighted by Gasteiger charge is -2.32. The molecule has 1 atom stereocenters. The number of anilines is 1. The van der Waals surface area contributed by atoms with Crippen molar-refractivity contribution in [2.45, 2.75) is 26.7 Å². The van der Waals surface area contributed by atoms with Gasteiger partial charge < -0.3 is 15.3 Å². The number of aryl methyl sites for hydroxylation is 2. The van der Waals surface area contributed by atoms with Crippen LogP contribution in [0.1, 0.15) is 24.0 Å². The number of piperidine rings is 1. The Morgan fingerprint density at radius 2 is 2.10 bits per heavy atom. The summed E-state index contributed by atoms with van der Waals surface area (Å²) < 4.78 is 0. The van der Waals surface area contributed by atoms with Crippen LogP contribution in [0.15, 0.2) is 18.2 Å². The maximum Gasteiger partial charge on any atom is 0.241 e. The van der Waals surface area contributed by atoms with Crippen molar-refractivity contribution in [2.24, 2.45) is 5.92 Å². The third kappa shape index (κ3) is 3.51. The number of nitrogens with zero attached hydrogens (tertiary/aromatic N) is 1. The molecule has 1 aromatic carbocycles. The Labute approximate surface area is 120 Å². The molecule has 2 N–H and O–H groups in total. The number of carbonyl (C=O) groups excluding carboxylic acids is 1. The Hall–Kier alpha value is -1.55. The first-order valence-electron chi connectivity index (χ1n) is 7.30. The summed E-state index contributed by atoms with van der Waals surface area (Å²) in [7, 11) is 0. The highest BCUT2D eigenvalue weighted by Crippen LogP contribution is 2.20. The Balaban J connectivity index is 1.92. The van der Waals surface area contributed by atoms with E-state index >= 15 is 0 Å². The predicted octanol–water partition coefficient (Wildman–Crippen LogP) is 1.95. The van der Waals surface area contributed by atoms with Gasteiger partial charge in [0.25, 0.3) is 0 Å². The summed E-state index contributed by atoms with van der Waals surface area (Å²) in [4.78, 5) is 14.1. The largest absolute Gasteiger partial charge is 0.396 e. The van der Waals surface area contributed by atoms with Gasteiger partial charge in [-0.15, -0.1) is 0 Å². The number of para-hydroxylation sites is 1. The molecule has 4 heteroatoms. The molecule has 1 heterocycles. The average molecular weight is 276 g/mol. The fraction of sp³-hybridized carbons (Fsp3) is 0.562. The van der Waals surface area contributed by atoms with Gasteiger partial charge in [0, 0.05) is 25.4 Å². The van der Waals surface area contributed by atoms with Gasteiger partial charge in [-0.3, -0.25) is 4.79 Å². The first-order valence-corrected chi connectivity index (χ1v) is 7.30. The van der Waals surface area contributed by atoms with Crippen LogP contribution >= 0.6 is 0 Å². The average Bonchev–Trinajstić information content (AvgIpc) is 2.46. The van der Waals surface area contributed by atoms with E-state index in [1.165, 1.54) is 0 Å². The minimum absolute atomic E-state index is 0.116. The molecular weight excluding hydrogens is 252 g/mol. The number of aliphatic hydroxyl groups is 1. The Bertz CT molecular complexity index is 453. The molecular formula is C16H24N2O2. The highest BCUT2D eigenvalue weighted by atomic mass is 16.3. The van der Waals surface area contributed by atoms with Gasteiger partial charge in [0.1, 0.15) is 0 Å². The van der Waals surface area contributed by atoms with Gasteiger partial charge >= 0.3 is 0 Å². The Morgan fingerprint density at radius 3 is 2.75 bits per heavy atom. The zero-order valence-electron chi connectivity index (χ0n) is 12.4. The predicted molar refractivity (Wildman–Crippen MR) is 80.8 cm³/mol. The number of hydrogen-bond donors (Lipinski definition) is 2. The van der Waals surface area contributed by atoms with Crippen molar-refractivity contribution in [1.82, 2.24) is 4.90 Å². The van der Waals surface area contributed by atoms with E-state index in [1.807, 2.05) is 36.9 Å². The van der Waals surface area contributed by atoms with Crippen LogP contribution in [0.2, 0.25) is 0 Å².